The fourth-order valence-electron chi connectivity index (χ4n) is 1.38. The van der Waals surface area contributed by atoms with Crippen molar-refractivity contribution < 1.29 is 24.2 Å². The van der Waals surface area contributed by atoms with Crippen LogP contribution in [-0.4, -0.2) is 24.2 Å². The van der Waals surface area contributed by atoms with Crippen LogP contribution in [0, 0.1) is 5.41 Å². The third-order valence-corrected chi connectivity index (χ3v) is 2.68. The molecule has 0 fully saturated rings. The van der Waals surface area contributed by atoms with E-state index in [0.717, 1.165) is 0 Å². The summed E-state index contributed by atoms with van der Waals surface area (Å²) in [4.78, 5) is 22.8. The van der Waals surface area contributed by atoms with Crippen molar-refractivity contribution >= 4 is 11.9 Å². The number of rotatable bonds is 4. The van der Waals surface area contributed by atoms with E-state index in [-0.39, 0.29) is 12.4 Å². The van der Waals surface area contributed by atoms with Gasteiger partial charge in [0.25, 0.3) is 0 Å². The molecule has 0 spiro atoms. The maximum absolute atomic E-state index is 11.7. The van der Waals surface area contributed by atoms with Crippen LogP contribution >= 0.6 is 0 Å². The number of aliphatic hydroxyl groups is 1. The first-order valence-corrected chi connectivity index (χ1v) is 6.31. The number of carbonyl (C=O) groups excluding carboxylic acids is 2. The largest absolute Gasteiger partial charge is 0.469 e. The number of hydrogen-bond donors (Lipinski definition) is 1. The Hall–Kier alpha value is -1.88. The maximum Gasteiger partial charge on any atom is 0.316 e. The van der Waals surface area contributed by atoms with Crippen molar-refractivity contribution in [1.29, 1.82) is 0 Å². The van der Waals surface area contributed by atoms with Crippen molar-refractivity contribution in [3.05, 3.63) is 29.8 Å². The molecule has 110 valence electrons. The van der Waals surface area contributed by atoms with Crippen LogP contribution in [0.2, 0.25) is 0 Å². The van der Waals surface area contributed by atoms with Gasteiger partial charge >= 0.3 is 11.9 Å². The van der Waals surface area contributed by atoms with E-state index in [0.29, 0.717) is 11.3 Å². The Labute approximate surface area is 118 Å². The summed E-state index contributed by atoms with van der Waals surface area (Å²) >= 11 is 0. The highest BCUT2D eigenvalue weighted by Crippen LogP contribution is 2.23. The quantitative estimate of drug-likeness (QED) is 0.676. The highest BCUT2D eigenvalue weighted by molar-refractivity contribution is 5.77. The molecule has 1 N–H and O–H groups in total. The Balaban J connectivity index is 2.69. The van der Waals surface area contributed by atoms with E-state index in [4.69, 9.17) is 4.74 Å². The van der Waals surface area contributed by atoms with Gasteiger partial charge in [0.05, 0.1) is 25.0 Å². The number of esters is 2. The predicted molar refractivity (Wildman–Crippen MR) is 73.1 cm³/mol. The van der Waals surface area contributed by atoms with Gasteiger partial charge in [-0.3, -0.25) is 9.59 Å². The molecule has 1 rings (SSSR count). The van der Waals surface area contributed by atoms with Crippen LogP contribution in [-0.2, 0) is 14.3 Å². The summed E-state index contributed by atoms with van der Waals surface area (Å²) in [6.07, 6.45) is -1.05. The molecule has 1 aromatic carbocycles. The van der Waals surface area contributed by atoms with Crippen molar-refractivity contribution in [2.24, 2.45) is 5.41 Å². The Morgan fingerprint density at radius 1 is 1.20 bits per heavy atom. The van der Waals surface area contributed by atoms with Gasteiger partial charge in [-0.25, -0.2) is 0 Å². The summed E-state index contributed by atoms with van der Waals surface area (Å²) in [5.74, 6) is -0.417. The molecule has 0 aromatic heterocycles. The van der Waals surface area contributed by atoms with Gasteiger partial charge in [-0.05, 0) is 38.5 Å². The molecule has 0 aliphatic heterocycles. The van der Waals surface area contributed by atoms with Crippen LogP contribution in [0.1, 0.15) is 38.9 Å². The van der Waals surface area contributed by atoms with Crippen LogP contribution < -0.4 is 4.74 Å². The molecule has 5 nitrogen and oxygen atoms in total. The lowest BCUT2D eigenvalue weighted by Crippen LogP contribution is -2.25. The maximum atomic E-state index is 11.7. The standard InChI is InChI=1S/C15H20O5/c1-15(2,3)14(18)20-11-7-5-10(6-8-11)12(16)9-13(17)19-4/h5-8,12,16H,9H2,1-4H3. The predicted octanol–water partition coefficient (Wildman–Crippen LogP) is 2.23. The summed E-state index contributed by atoms with van der Waals surface area (Å²) in [5.41, 5.74) is -0.0192. The second-order valence-corrected chi connectivity index (χ2v) is 5.50. The van der Waals surface area contributed by atoms with E-state index < -0.39 is 17.5 Å². The molecular weight excluding hydrogens is 260 g/mol. The molecule has 0 heterocycles. The normalized spacial score (nSPS) is 12.7. The van der Waals surface area contributed by atoms with Gasteiger partial charge in [0.1, 0.15) is 5.75 Å². The van der Waals surface area contributed by atoms with Crippen molar-refractivity contribution in [3.63, 3.8) is 0 Å². The molecule has 20 heavy (non-hydrogen) atoms. The first-order valence-electron chi connectivity index (χ1n) is 6.31. The van der Waals surface area contributed by atoms with Gasteiger partial charge < -0.3 is 14.6 Å². The lowest BCUT2D eigenvalue weighted by Gasteiger charge is -2.16. The summed E-state index contributed by atoms with van der Waals surface area (Å²) in [5, 5.41) is 9.82. The molecular formula is C15H20O5. The molecule has 0 saturated carbocycles. The highest BCUT2D eigenvalue weighted by Gasteiger charge is 2.23. The second-order valence-electron chi connectivity index (χ2n) is 5.50. The summed E-state index contributed by atoms with van der Waals surface area (Å²) < 4.78 is 9.69. The number of ether oxygens (including phenoxy) is 2. The summed E-state index contributed by atoms with van der Waals surface area (Å²) in [6.45, 7) is 5.30. The number of hydrogen-bond acceptors (Lipinski definition) is 5. The first-order chi connectivity index (χ1) is 9.24. The molecule has 5 heteroatoms. The first kappa shape index (κ1) is 16.2. The third kappa shape index (κ3) is 4.66. The minimum atomic E-state index is -0.935. The Kier molecular flexibility index (Phi) is 5.27. The van der Waals surface area contributed by atoms with Gasteiger partial charge in [0, 0.05) is 0 Å². The van der Waals surface area contributed by atoms with Gasteiger partial charge in [-0.15, -0.1) is 0 Å². The number of carbonyl (C=O) groups is 2. The van der Waals surface area contributed by atoms with Gasteiger partial charge in [-0.2, -0.15) is 0 Å². The molecule has 1 unspecified atom stereocenters. The molecule has 1 atom stereocenters. The average Bonchev–Trinajstić information content (AvgIpc) is 2.38. The van der Waals surface area contributed by atoms with Crippen molar-refractivity contribution in [2.45, 2.75) is 33.3 Å². The molecule has 0 aliphatic rings. The zero-order valence-corrected chi connectivity index (χ0v) is 12.2. The molecule has 0 saturated heterocycles. The SMILES string of the molecule is COC(=O)CC(O)c1ccc(OC(=O)C(C)(C)C)cc1. The van der Waals surface area contributed by atoms with E-state index >= 15 is 0 Å². The van der Waals surface area contributed by atoms with E-state index in [9.17, 15) is 14.7 Å². The summed E-state index contributed by atoms with van der Waals surface area (Å²) in [6, 6.07) is 6.39. The third-order valence-electron chi connectivity index (χ3n) is 2.68. The van der Waals surface area contributed by atoms with E-state index in [1.807, 2.05) is 0 Å². The van der Waals surface area contributed by atoms with E-state index in [2.05, 4.69) is 4.74 Å². The number of methoxy groups -OCH3 is 1. The van der Waals surface area contributed by atoms with Gasteiger partial charge in [0.15, 0.2) is 0 Å². The molecule has 0 amide bonds. The van der Waals surface area contributed by atoms with Crippen molar-refractivity contribution in [2.75, 3.05) is 7.11 Å². The monoisotopic (exact) mass is 280 g/mol. The van der Waals surface area contributed by atoms with Gasteiger partial charge in [0.2, 0.25) is 0 Å². The van der Waals surface area contributed by atoms with E-state index in [1.165, 1.54) is 7.11 Å². The summed E-state index contributed by atoms with van der Waals surface area (Å²) in [7, 11) is 1.27. The Morgan fingerprint density at radius 3 is 2.20 bits per heavy atom. The van der Waals surface area contributed by atoms with Crippen LogP contribution in [0.4, 0.5) is 0 Å². The smallest absolute Gasteiger partial charge is 0.316 e. The second kappa shape index (κ2) is 6.52. The number of aliphatic hydroxyl groups excluding tert-OH is 1. The van der Waals surface area contributed by atoms with Crippen LogP contribution in [0.25, 0.3) is 0 Å². The van der Waals surface area contributed by atoms with Crippen LogP contribution in [0.5, 0.6) is 5.75 Å². The fourth-order valence-corrected chi connectivity index (χ4v) is 1.38. The molecule has 0 aliphatic carbocycles. The number of benzene rings is 1. The molecule has 1 aromatic rings. The van der Waals surface area contributed by atoms with E-state index in [1.54, 1.807) is 45.0 Å². The highest BCUT2D eigenvalue weighted by atomic mass is 16.5. The lowest BCUT2D eigenvalue weighted by atomic mass is 9.97. The van der Waals surface area contributed by atoms with Crippen LogP contribution in [0.15, 0.2) is 24.3 Å². The minimum absolute atomic E-state index is 0.113. The van der Waals surface area contributed by atoms with Crippen molar-refractivity contribution in [3.8, 4) is 5.75 Å². The molecule has 0 bridgehead atoms. The Morgan fingerprint density at radius 2 is 1.75 bits per heavy atom. The fraction of sp³-hybridized carbons (Fsp3) is 0.467. The zero-order valence-electron chi connectivity index (χ0n) is 12.2. The Bertz CT molecular complexity index is 470. The topological polar surface area (TPSA) is 72.8 Å². The van der Waals surface area contributed by atoms with Gasteiger partial charge in [-0.1, -0.05) is 12.1 Å². The molecule has 0 radical (unpaired) electrons. The van der Waals surface area contributed by atoms with Crippen molar-refractivity contribution in [1.82, 2.24) is 0 Å². The zero-order chi connectivity index (χ0) is 15.3. The average molecular weight is 280 g/mol. The lowest BCUT2D eigenvalue weighted by molar-refractivity contribution is -0.143. The van der Waals surface area contributed by atoms with Crippen LogP contribution in [0.3, 0.4) is 0 Å². The minimum Gasteiger partial charge on any atom is -0.469 e.